The molecule has 0 bridgehead atoms. The van der Waals surface area contributed by atoms with Crippen LogP contribution in [0.2, 0.25) is 0 Å². The Balaban J connectivity index is 0. The van der Waals surface area contributed by atoms with Crippen LogP contribution in [0.1, 0.15) is 277 Å². The van der Waals surface area contributed by atoms with E-state index in [0.717, 1.165) is 83.5 Å². The van der Waals surface area contributed by atoms with Crippen LogP contribution >= 0.6 is 0 Å². The van der Waals surface area contributed by atoms with E-state index in [2.05, 4.69) is 0 Å². The van der Waals surface area contributed by atoms with Gasteiger partial charge in [-0.15, -0.1) is 0 Å². The Labute approximate surface area is 364 Å². The van der Waals surface area contributed by atoms with Gasteiger partial charge in [0, 0.05) is 46.0 Å². The molecule has 0 spiro atoms. The molecule has 59 heavy (non-hydrogen) atoms. The summed E-state index contributed by atoms with van der Waals surface area (Å²) in [4.78, 5) is 34.3. The zero-order valence-electron chi connectivity index (χ0n) is 38.7. The lowest BCUT2D eigenvalue weighted by Crippen LogP contribution is -2.21. The molecule has 0 aliphatic heterocycles. The molecular weight excluding hydrogens is 745 g/mol. The summed E-state index contributed by atoms with van der Waals surface area (Å²) in [5.41, 5.74) is 0. The van der Waals surface area contributed by atoms with Crippen molar-refractivity contribution < 1.29 is 44.3 Å². The van der Waals surface area contributed by atoms with Crippen molar-refractivity contribution in [1.29, 1.82) is 0 Å². The van der Waals surface area contributed by atoms with Crippen molar-refractivity contribution in [2.75, 3.05) is 19.8 Å². The van der Waals surface area contributed by atoms with Crippen molar-refractivity contribution in [3.63, 3.8) is 0 Å². The molecule has 0 aromatic carbocycles. The first-order valence-corrected chi connectivity index (χ1v) is 25.3. The summed E-state index contributed by atoms with van der Waals surface area (Å²) in [6.45, 7) is 2.62. The highest BCUT2D eigenvalue weighted by Crippen LogP contribution is 2.16. The number of esters is 2. The van der Waals surface area contributed by atoms with Gasteiger partial charge in [0.2, 0.25) is 6.29 Å². The van der Waals surface area contributed by atoms with Crippen LogP contribution < -0.4 is 0 Å². The number of carboxylic acid groups (broad SMARTS) is 1. The molecule has 0 aliphatic rings. The van der Waals surface area contributed by atoms with Gasteiger partial charge in [0.15, 0.2) is 0 Å². The van der Waals surface area contributed by atoms with Gasteiger partial charge >= 0.3 is 17.9 Å². The van der Waals surface area contributed by atoms with Gasteiger partial charge in [-0.2, -0.15) is 0 Å². The van der Waals surface area contributed by atoms with Gasteiger partial charge in [-0.3, -0.25) is 14.4 Å². The molecule has 352 valence electrons. The van der Waals surface area contributed by atoms with E-state index in [9.17, 15) is 14.4 Å². The SMILES string of the molecule is CC(OC(=O)CCCCCCCCCCCCCCCO)OC(=O)CCCCCCCCCCCCCCCO.O=C(O)CCCCCCCCCCCCCCCO. The number of ether oxygens (including phenoxy) is 2. The Morgan fingerprint density at radius 1 is 0.305 bits per heavy atom. The molecule has 0 saturated carbocycles. The standard InChI is InChI=1S/C34H66O6.C16H32O3/c1-32(39-33(37)28-24-20-16-12-8-4-2-6-10-14-18-22-26-30-35)40-34(38)29-25-21-17-13-9-5-3-7-11-15-19-23-27-31-36;17-15-13-11-9-7-5-3-1-2-4-6-8-10-12-14-16(18)19/h32,35-36H,2-31H2,1H3;17H,1-15H2,(H,18,19). The van der Waals surface area contributed by atoms with Crippen LogP contribution in [0.4, 0.5) is 0 Å². The van der Waals surface area contributed by atoms with E-state index in [1.165, 1.54) is 167 Å². The molecule has 9 heteroatoms. The number of carbonyl (C=O) groups excluding carboxylic acids is 2. The fourth-order valence-corrected chi connectivity index (χ4v) is 7.50. The molecule has 4 N–H and O–H groups in total. The molecular formula is C50H98O9. The molecule has 0 aromatic rings. The Kier molecular flexibility index (Phi) is 52.8. The summed E-state index contributed by atoms with van der Waals surface area (Å²) < 4.78 is 10.5. The van der Waals surface area contributed by atoms with Crippen LogP contribution in [-0.2, 0) is 23.9 Å². The van der Waals surface area contributed by atoms with E-state index in [0.29, 0.717) is 39.1 Å². The van der Waals surface area contributed by atoms with Gasteiger partial charge in [-0.05, 0) is 38.5 Å². The number of unbranched alkanes of at least 4 members (excludes halogenated alkanes) is 36. The first-order chi connectivity index (χ1) is 28.9. The first kappa shape index (κ1) is 59.4. The normalized spacial score (nSPS) is 11.1. The molecule has 0 aromatic heterocycles. The summed E-state index contributed by atoms with van der Waals surface area (Å²) in [5.74, 6) is -1.22. The third-order valence-electron chi connectivity index (χ3n) is 11.2. The number of carbonyl (C=O) groups is 3. The van der Waals surface area contributed by atoms with Gasteiger partial charge in [-0.25, -0.2) is 0 Å². The third-order valence-corrected chi connectivity index (χ3v) is 11.2. The molecule has 0 amide bonds. The summed E-state index contributed by atoms with van der Waals surface area (Å²) in [5, 5.41) is 34.7. The number of aliphatic hydroxyl groups is 3. The van der Waals surface area contributed by atoms with Gasteiger partial charge in [0.1, 0.15) is 0 Å². The maximum Gasteiger partial charge on any atom is 0.308 e. The van der Waals surface area contributed by atoms with Crippen LogP contribution in [0.3, 0.4) is 0 Å². The van der Waals surface area contributed by atoms with Crippen molar-refractivity contribution in [3.05, 3.63) is 0 Å². The van der Waals surface area contributed by atoms with E-state index in [4.69, 9.17) is 29.9 Å². The van der Waals surface area contributed by atoms with E-state index in [1.807, 2.05) is 0 Å². The molecule has 0 saturated heterocycles. The van der Waals surface area contributed by atoms with Crippen molar-refractivity contribution in [2.45, 2.75) is 283 Å². The van der Waals surface area contributed by atoms with E-state index in [-0.39, 0.29) is 11.9 Å². The van der Waals surface area contributed by atoms with E-state index < -0.39 is 12.3 Å². The number of hydrogen-bond donors (Lipinski definition) is 4. The van der Waals surface area contributed by atoms with Gasteiger partial charge in [0.05, 0.1) is 0 Å². The Morgan fingerprint density at radius 3 is 0.661 bits per heavy atom. The first-order valence-electron chi connectivity index (χ1n) is 25.3. The quantitative estimate of drug-likeness (QED) is 0.0267. The average molecular weight is 843 g/mol. The van der Waals surface area contributed by atoms with Crippen LogP contribution in [0.25, 0.3) is 0 Å². The van der Waals surface area contributed by atoms with Gasteiger partial charge in [-0.1, -0.05) is 212 Å². The third kappa shape index (κ3) is 56.3. The predicted octanol–water partition coefficient (Wildman–Crippen LogP) is 13.9. The molecule has 0 heterocycles. The lowest BCUT2D eigenvalue weighted by Gasteiger charge is -2.14. The predicted molar refractivity (Wildman–Crippen MR) is 244 cm³/mol. The molecule has 0 atom stereocenters. The Morgan fingerprint density at radius 2 is 0.475 bits per heavy atom. The Bertz CT molecular complexity index is 806. The zero-order chi connectivity index (χ0) is 43.5. The van der Waals surface area contributed by atoms with Crippen LogP contribution in [-0.4, -0.2) is 64.4 Å². The molecule has 0 fully saturated rings. The van der Waals surface area contributed by atoms with Gasteiger partial charge in [0.25, 0.3) is 0 Å². The number of aliphatic hydroxyl groups excluding tert-OH is 3. The number of rotatable bonds is 47. The zero-order valence-corrected chi connectivity index (χ0v) is 38.7. The number of carboxylic acids is 1. The van der Waals surface area contributed by atoms with Crippen molar-refractivity contribution in [3.8, 4) is 0 Å². The average Bonchev–Trinajstić information content (AvgIpc) is 3.21. The topological polar surface area (TPSA) is 151 Å². The molecule has 9 nitrogen and oxygen atoms in total. The largest absolute Gasteiger partial charge is 0.481 e. The van der Waals surface area contributed by atoms with E-state index in [1.54, 1.807) is 6.92 Å². The minimum absolute atomic E-state index is 0.277. The second kappa shape index (κ2) is 52.4. The second-order valence-corrected chi connectivity index (χ2v) is 17.2. The van der Waals surface area contributed by atoms with Crippen LogP contribution in [0.15, 0.2) is 0 Å². The summed E-state index contributed by atoms with van der Waals surface area (Å²) in [6.07, 6.45) is 46.9. The molecule has 0 rings (SSSR count). The minimum Gasteiger partial charge on any atom is -0.481 e. The highest BCUT2D eigenvalue weighted by Gasteiger charge is 2.14. The van der Waals surface area contributed by atoms with Gasteiger partial charge < -0.3 is 29.9 Å². The maximum atomic E-state index is 12.0. The molecule has 0 radical (unpaired) electrons. The lowest BCUT2D eigenvalue weighted by molar-refractivity contribution is -0.184. The lowest BCUT2D eigenvalue weighted by atomic mass is 10.0. The smallest absolute Gasteiger partial charge is 0.308 e. The number of aliphatic carboxylic acids is 1. The molecule has 0 unspecified atom stereocenters. The second-order valence-electron chi connectivity index (χ2n) is 17.2. The number of hydrogen-bond acceptors (Lipinski definition) is 8. The van der Waals surface area contributed by atoms with Crippen LogP contribution in [0.5, 0.6) is 0 Å². The Hall–Kier alpha value is -1.71. The van der Waals surface area contributed by atoms with Crippen molar-refractivity contribution in [1.82, 2.24) is 0 Å². The summed E-state index contributed by atoms with van der Waals surface area (Å²) in [7, 11) is 0. The summed E-state index contributed by atoms with van der Waals surface area (Å²) >= 11 is 0. The highest BCUT2D eigenvalue weighted by atomic mass is 16.7. The minimum atomic E-state index is -0.802. The van der Waals surface area contributed by atoms with Crippen LogP contribution in [0, 0.1) is 0 Å². The molecule has 0 aliphatic carbocycles. The monoisotopic (exact) mass is 843 g/mol. The van der Waals surface area contributed by atoms with Crippen molar-refractivity contribution in [2.24, 2.45) is 0 Å². The highest BCUT2D eigenvalue weighted by molar-refractivity contribution is 5.71. The fraction of sp³-hybridized carbons (Fsp3) is 0.940. The van der Waals surface area contributed by atoms with Crippen molar-refractivity contribution >= 4 is 17.9 Å². The maximum absolute atomic E-state index is 12.0. The fourth-order valence-electron chi connectivity index (χ4n) is 7.50. The van der Waals surface area contributed by atoms with E-state index >= 15 is 0 Å². The summed E-state index contributed by atoms with van der Waals surface area (Å²) in [6, 6.07) is 0.